The molecule has 1 atom stereocenters. The van der Waals surface area contributed by atoms with E-state index in [4.69, 9.17) is 0 Å². The Kier molecular flexibility index (Phi) is 4.95. The number of carbonyl (C=O) groups is 2. The third-order valence-corrected chi connectivity index (χ3v) is 3.27. The van der Waals surface area contributed by atoms with Gasteiger partial charge in [0.05, 0.1) is 0 Å². The Morgan fingerprint density at radius 1 is 1.20 bits per heavy atom. The van der Waals surface area contributed by atoms with Gasteiger partial charge in [-0.3, -0.25) is 0 Å². The second-order valence-corrected chi connectivity index (χ2v) is 4.72. The molecule has 1 aromatic carbocycles. The van der Waals surface area contributed by atoms with Crippen molar-refractivity contribution in [1.29, 1.82) is 0 Å². The molecule has 108 valence electrons. The topological polar surface area (TPSA) is 81.7 Å². The van der Waals surface area contributed by atoms with Gasteiger partial charge < -0.3 is 20.6 Å². The summed E-state index contributed by atoms with van der Waals surface area (Å²) in [4.78, 5) is 25.2. The lowest BCUT2D eigenvalue weighted by Gasteiger charge is -2.23. The molecule has 0 bridgehead atoms. The van der Waals surface area contributed by atoms with Crippen LogP contribution in [0.15, 0.2) is 30.3 Å². The van der Waals surface area contributed by atoms with Crippen LogP contribution in [0.5, 0.6) is 0 Å². The summed E-state index contributed by atoms with van der Waals surface area (Å²) in [5.74, 6) is -1.06. The van der Waals surface area contributed by atoms with Crippen LogP contribution in [0.3, 0.4) is 0 Å². The molecule has 2 amide bonds. The molecule has 0 radical (unpaired) electrons. The summed E-state index contributed by atoms with van der Waals surface area (Å²) in [6, 6.07) is 7.38. The van der Waals surface area contributed by atoms with Crippen molar-refractivity contribution in [3.8, 4) is 0 Å². The second-order valence-electron chi connectivity index (χ2n) is 4.72. The van der Waals surface area contributed by atoms with Crippen molar-refractivity contribution in [3.63, 3.8) is 0 Å². The maximum absolute atomic E-state index is 12.2. The normalized spacial score (nSPS) is 17.1. The quantitative estimate of drug-likeness (QED) is 0.764. The molecule has 3 N–H and O–H groups in total. The Hall–Kier alpha value is -2.08. The zero-order chi connectivity index (χ0) is 14.4. The van der Waals surface area contributed by atoms with Crippen molar-refractivity contribution in [1.82, 2.24) is 15.5 Å². The van der Waals surface area contributed by atoms with E-state index in [1.807, 2.05) is 6.07 Å². The number of benzene rings is 1. The maximum atomic E-state index is 12.2. The summed E-state index contributed by atoms with van der Waals surface area (Å²) in [5.41, 5.74) is 0.571. The van der Waals surface area contributed by atoms with Crippen molar-refractivity contribution in [3.05, 3.63) is 35.9 Å². The van der Waals surface area contributed by atoms with Gasteiger partial charge in [-0.25, -0.2) is 9.59 Å². The Bertz CT molecular complexity index is 456. The van der Waals surface area contributed by atoms with E-state index in [0.717, 1.165) is 19.5 Å². The van der Waals surface area contributed by atoms with Crippen molar-refractivity contribution in [2.24, 2.45) is 0 Å². The summed E-state index contributed by atoms with van der Waals surface area (Å²) < 4.78 is 0. The number of nitrogens with zero attached hydrogens (tertiary/aromatic N) is 1. The largest absolute Gasteiger partial charge is 0.479 e. The molecule has 1 fully saturated rings. The lowest BCUT2D eigenvalue weighted by molar-refractivity contribution is -0.139. The first-order chi connectivity index (χ1) is 9.68. The SMILES string of the molecule is O=C(O)[C@H](NC(=O)N1CCCNCC1)c1ccccc1. The van der Waals surface area contributed by atoms with Gasteiger partial charge in [-0.15, -0.1) is 0 Å². The van der Waals surface area contributed by atoms with Crippen LogP contribution in [-0.2, 0) is 4.79 Å². The van der Waals surface area contributed by atoms with Crippen molar-refractivity contribution in [2.45, 2.75) is 12.5 Å². The highest BCUT2D eigenvalue weighted by Crippen LogP contribution is 2.13. The molecule has 0 spiro atoms. The Labute approximate surface area is 117 Å². The number of carbonyl (C=O) groups excluding carboxylic acids is 1. The molecule has 20 heavy (non-hydrogen) atoms. The Morgan fingerprint density at radius 2 is 1.95 bits per heavy atom. The molecule has 0 unspecified atom stereocenters. The molecule has 2 rings (SSSR count). The molecule has 1 aromatic rings. The van der Waals surface area contributed by atoms with Crippen LogP contribution >= 0.6 is 0 Å². The van der Waals surface area contributed by atoms with Crippen LogP contribution in [0.1, 0.15) is 18.0 Å². The van der Waals surface area contributed by atoms with Crippen LogP contribution in [-0.4, -0.2) is 48.2 Å². The number of urea groups is 1. The highest BCUT2D eigenvalue weighted by atomic mass is 16.4. The summed E-state index contributed by atoms with van der Waals surface area (Å²) >= 11 is 0. The van der Waals surface area contributed by atoms with E-state index in [1.54, 1.807) is 29.2 Å². The van der Waals surface area contributed by atoms with Gasteiger partial charge in [0, 0.05) is 19.6 Å². The maximum Gasteiger partial charge on any atom is 0.330 e. The monoisotopic (exact) mass is 277 g/mol. The van der Waals surface area contributed by atoms with Crippen molar-refractivity contribution < 1.29 is 14.7 Å². The molecule has 6 heteroatoms. The highest BCUT2D eigenvalue weighted by molar-refractivity contribution is 5.83. The Balaban J connectivity index is 2.04. The fourth-order valence-electron chi connectivity index (χ4n) is 2.20. The third kappa shape index (κ3) is 3.71. The zero-order valence-electron chi connectivity index (χ0n) is 11.2. The van der Waals surface area contributed by atoms with E-state index in [0.29, 0.717) is 18.7 Å². The van der Waals surface area contributed by atoms with Crippen LogP contribution in [0.2, 0.25) is 0 Å². The van der Waals surface area contributed by atoms with E-state index < -0.39 is 12.0 Å². The number of amides is 2. The molecule has 1 heterocycles. The van der Waals surface area contributed by atoms with Gasteiger partial charge in [-0.05, 0) is 18.5 Å². The number of nitrogens with one attached hydrogen (secondary N) is 2. The second kappa shape index (κ2) is 6.91. The molecule has 1 saturated heterocycles. The first-order valence-corrected chi connectivity index (χ1v) is 6.72. The first kappa shape index (κ1) is 14.3. The molecule has 1 aliphatic rings. The predicted octanol–water partition coefficient (Wildman–Crippen LogP) is 0.817. The highest BCUT2D eigenvalue weighted by Gasteiger charge is 2.24. The number of aliphatic carboxylic acids is 1. The predicted molar refractivity (Wildman–Crippen MR) is 74.4 cm³/mol. The van der Waals surface area contributed by atoms with E-state index in [-0.39, 0.29) is 6.03 Å². The van der Waals surface area contributed by atoms with Gasteiger partial charge in [0.25, 0.3) is 0 Å². The minimum atomic E-state index is -1.06. The van der Waals surface area contributed by atoms with E-state index in [2.05, 4.69) is 10.6 Å². The summed E-state index contributed by atoms with van der Waals surface area (Å²) in [5, 5.41) is 15.1. The minimum Gasteiger partial charge on any atom is -0.479 e. The fraction of sp³-hybridized carbons (Fsp3) is 0.429. The summed E-state index contributed by atoms with van der Waals surface area (Å²) in [6.45, 7) is 2.84. The smallest absolute Gasteiger partial charge is 0.330 e. The number of hydrogen-bond donors (Lipinski definition) is 3. The van der Waals surface area contributed by atoms with Crippen molar-refractivity contribution in [2.75, 3.05) is 26.2 Å². The van der Waals surface area contributed by atoms with Crippen LogP contribution < -0.4 is 10.6 Å². The lowest BCUT2D eigenvalue weighted by atomic mass is 10.1. The summed E-state index contributed by atoms with van der Waals surface area (Å²) in [7, 11) is 0. The van der Waals surface area contributed by atoms with Crippen LogP contribution in [0, 0.1) is 0 Å². The van der Waals surface area contributed by atoms with Crippen LogP contribution in [0.25, 0.3) is 0 Å². The molecular formula is C14H19N3O3. The number of carboxylic acid groups (broad SMARTS) is 1. The number of rotatable bonds is 3. The van der Waals surface area contributed by atoms with E-state index in [1.165, 1.54) is 0 Å². The number of carboxylic acids is 1. The van der Waals surface area contributed by atoms with Gasteiger partial charge in [0.2, 0.25) is 0 Å². The molecule has 1 aliphatic heterocycles. The first-order valence-electron chi connectivity index (χ1n) is 6.72. The van der Waals surface area contributed by atoms with Crippen LogP contribution in [0.4, 0.5) is 4.79 Å². The third-order valence-electron chi connectivity index (χ3n) is 3.27. The number of hydrogen-bond acceptors (Lipinski definition) is 3. The van der Waals surface area contributed by atoms with Crippen molar-refractivity contribution >= 4 is 12.0 Å². The standard InChI is InChI=1S/C14H19N3O3/c18-13(19)12(11-5-2-1-3-6-11)16-14(20)17-9-4-7-15-8-10-17/h1-3,5-6,12,15H,4,7-10H2,(H,16,20)(H,18,19)/t12-/m1/s1. The fourth-order valence-corrected chi connectivity index (χ4v) is 2.20. The molecule has 0 aliphatic carbocycles. The lowest BCUT2D eigenvalue weighted by Crippen LogP contribution is -2.45. The van der Waals surface area contributed by atoms with Gasteiger partial charge in [-0.1, -0.05) is 30.3 Å². The molecule has 0 saturated carbocycles. The summed E-state index contributed by atoms with van der Waals surface area (Å²) in [6.07, 6.45) is 0.872. The van der Waals surface area contributed by atoms with Gasteiger partial charge >= 0.3 is 12.0 Å². The van der Waals surface area contributed by atoms with Gasteiger partial charge in [0.15, 0.2) is 6.04 Å². The van der Waals surface area contributed by atoms with Gasteiger partial charge in [0.1, 0.15) is 0 Å². The molecular weight excluding hydrogens is 258 g/mol. The average Bonchev–Trinajstić information content (AvgIpc) is 2.74. The zero-order valence-corrected chi connectivity index (χ0v) is 11.2. The van der Waals surface area contributed by atoms with Gasteiger partial charge in [-0.2, -0.15) is 0 Å². The molecule has 6 nitrogen and oxygen atoms in total. The van der Waals surface area contributed by atoms with E-state index in [9.17, 15) is 14.7 Å². The van der Waals surface area contributed by atoms with E-state index >= 15 is 0 Å². The Morgan fingerprint density at radius 3 is 2.65 bits per heavy atom. The minimum absolute atomic E-state index is 0.329. The average molecular weight is 277 g/mol. The molecule has 0 aromatic heterocycles.